The smallest absolute Gasteiger partial charge is 0.253 e. The highest BCUT2D eigenvalue weighted by molar-refractivity contribution is 9.09. The van der Waals surface area contributed by atoms with E-state index >= 15 is 0 Å². The zero-order chi connectivity index (χ0) is 11.5. The Morgan fingerprint density at radius 1 is 1.60 bits per heavy atom. The van der Waals surface area contributed by atoms with Gasteiger partial charge < -0.3 is 5.32 Å². The normalized spacial score (nSPS) is 11.2. The Morgan fingerprint density at radius 3 is 2.80 bits per heavy atom. The highest BCUT2D eigenvalue weighted by Crippen LogP contribution is 2.10. The van der Waals surface area contributed by atoms with E-state index in [-0.39, 0.29) is 11.4 Å². The number of carbonyl (C=O) groups excluding carboxylic acids is 1. The van der Waals surface area contributed by atoms with Crippen LogP contribution in [0.1, 0.15) is 29.8 Å². The quantitative estimate of drug-likeness (QED) is 0.857. The van der Waals surface area contributed by atoms with E-state index in [1.165, 1.54) is 0 Å². The van der Waals surface area contributed by atoms with E-state index in [4.69, 9.17) is 0 Å². The molecule has 15 heavy (non-hydrogen) atoms. The van der Waals surface area contributed by atoms with Crippen LogP contribution >= 0.6 is 15.9 Å². The third-order valence-electron chi connectivity index (χ3n) is 2.07. The van der Waals surface area contributed by atoms with Gasteiger partial charge in [0.1, 0.15) is 0 Å². The third-order valence-corrected chi connectivity index (χ3v) is 3.47. The minimum Gasteiger partial charge on any atom is -0.346 e. The zero-order valence-corrected chi connectivity index (χ0v) is 10.8. The molecule has 1 amide bonds. The molecule has 1 N–H and O–H groups in total. The Balaban J connectivity index is 2.83. The van der Waals surface area contributed by atoms with Crippen molar-refractivity contribution in [3.05, 3.63) is 29.6 Å². The second kappa shape index (κ2) is 4.75. The summed E-state index contributed by atoms with van der Waals surface area (Å²) in [6.45, 7) is 5.83. The lowest BCUT2D eigenvalue weighted by Crippen LogP contribution is -2.45. The van der Waals surface area contributed by atoms with Gasteiger partial charge in [-0.1, -0.05) is 15.9 Å². The molecular formula is C11H15BrN2O. The minimum atomic E-state index is -0.251. The molecule has 82 valence electrons. The third kappa shape index (κ3) is 3.30. The summed E-state index contributed by atoms with van der Waals surface area (Å²) in [7, 11) is 0. The van der Waals surface area contributed by atoms with Gasteiger partial charge in [-0.3, -0.25) is 9.78 Å². The van der Waals surface area contributed by atoms with Crippen molar-refractivity contribution >= 4 is 21.8 Å². The summed E-state index contributed by atoms with van der Waals surface area (Å²) < 4.78 is 0. The monoisotopic (exact) mass is 270 g/mol. The molecule has 0 fully saturated rings. The van der Waals surface area contributed by atoms with Crippen LogP contribution in [-0.2, 0) is 0 Å². The average Bonchev–Trinajstić information content (AvgIpc) is 2.17. The number of halogens is 1. The maximum Gasteiger partial charge on any atom is 0.253 e. The van der Waals surface area contributed by atoms with Crippen LogP contribution in [0.5, 0.6) is 0 Å². The Labute approximate surface area is 98.4 Å². The van der Waals surface area contributed by atoms with E-state index in [0.29, 0.717) is 10.9 Å². The summed E-state index contributed by atoms with van der Waals surface area (Å²) in [6.07, 6.45) is 3.27. The largest absolute Gasteiger partial charge is 0.346 e. The minimum absolute atomic E-state index is 0.0787. The first-order valence-electron chi connectivity index (χ1n) is 4.75. The predicted molar refractivity (Wildman–Crippen MR) is 64.3 cm³/mol. The molecule has 1 rings (SSSR count). The van der Waals surface area contributed by atoms with Gasteiger partial charge in [-0.15, -0.1) is 0 Å². The van der Waals surface area contributed by atoms with Gasteiger partial charge in [0.15, 0.2) is 0 Å². The fraction of sp³-hybridized carbons (Fsp3) is 0.455. The Morgan fingerprint density at radius 2 is 2.27 bits per heavy atom. The van der Waals surface area contributed by atoms with Gasteiger partial charge in [0, 0.05) is 23.3 Å². The number of rotatable bonds is 3. The van der Waals surface area contributed by atoms with E-state index < -0.39 is 0 Å². The fourth-order valence-electron chi connectivity index (χ4n) is 1.11. The zero-order valence-electron chi connectivity index (χ0n) is 9.17. The lowest BCUT2D eigenvalue weighted by Gasteiger charge is -2.23. The van der Waals surface area contributed by atoms with Gasteiger partial charge in [-0.2, -0.15) is 0 Å². The maximum absolute atomic E-state index is 11.9. The van der Waals surface area contributed by atoms with Crippen LogP contribution in [-0.4, -0.2) is 21.8 Å². The number of carbonyl (C=O) groups is 1. The van der Waals surface area contributed by atoms with Crippen LogP contribution in [0.4, 0.5) is 0 Å². The molecule has 1 aromatic heterocycles. The number of alkyl halides is 1. The number of hydrogen-bond donors (Lipinski definition) is 1. The van der Waals surface area contributed by atoms with Crippen molar-refractivity contribution in [1.82, 2.24) is 10.3 Å². The summed E-state index contributed by atoms with van der Waals surface area (Å²) in [5, 5.41) is 3.65. The number of aromatic nitrogens is 1. The highest BCUT2D eigenvalue weighted by atomic mass is 79.9. The average molecular weight is 271 g/mol. The number of aryl methyl sites for hydroxylation is 1. The number of nitrogens with zero attached hydrogens (tertiary/aromatic N) is 1. The molecule has 3 nitrogen and oxygen atoms in total. The Hall–Kier alpha value is -0.900. The van der Waals surface area contributed by atoms with Gasteiger partial charge in [0.05, 0.1) is 5.56 Å². The summed E-state index contributed by atoms with van der Waals surface area (Å²) in [4.78, 5) is 15.8. The first-order chi connectivity index (χ1) is 6.96. The van der Waals surface area contributed by atoms with Gasteiger partial charge in [-0.25, -0.2) is 0 Å². The van der Waals surface area contributed by atoms with E-state index in [9.17, 15) is 4.79 Å². The van der Waals surface area contributed by atoms with Gasteiger partial charge in [-0.05, 0) is 32.4 Å². The molecule has 0 radical (unpaired) electrons. The standard InChI is InChI=1S/C11H15BrN2O/c1-8-4-5-13-6-9(8)10(15)14-11(2,3)7-12/h4-6H,7H2,1-3H3,(H,14,15). The van der Waals surface area contributed by atoms with Crippen molar-refractivity contribution in [3.63, 3.8) is 0 Å². The molecule has 0 saturated carbocycles. The lowest BCUT2D eigenvalue weighted by atomic mass is 10.1. The van der Waals surface area contributed by atoms with Crippen molar-refractivity contribution in [2.45, 2.75) is 26.3 Å². The summed E-state index contributed by atoms with van der Waals surface area (Å²) in [5.74, 6) is -0.0787. The summed E-state index contributed by atoms with van der Waals surface area (Å²) >= 11 is 3.36. The molecule has 0 atom stereocenters. The molecule has 0 aliphatic rings. The summed E-state index contributed by atoms with van der Waals surface area (Å²) in [6, 6.07) is 1.83. The molecule has 0 aliphatic heterocycles. The number of pyridine rings is 1. The van der Waals surface area contributed by atoms with Crippen LogP contribution in [0.2, 0.25) is 0 Å². The molecule has 0 aromatic carbocycles. The molecule has 0 unspecified atom stereocenters. The molecule has 1 aromatic rings. The van der Waals surface area contributed by atoms with Crippen LogP contribution < -0.4 is 5.32 Å². The highest BCUT2D eigenvalue weighted by Gasteiger charge is 2.20. The molecule has 4 heteroatoms. The van der Waals surface area contributed by atoms with Crippen LogP contribution in [0.3, 0.4) is 0 Å². The maximum atomic E-state index is 11.9. The van der Waals surface area contributed by atoms with Crippen LogP contribution in [0.25, 0.3) is 0 Å². The fourth-order valence-corrected chi connectivity index (χ4v) is 1.25. The van der Waals surface area contributed by atoms with E-state index in [1.807, 2.05) is 26.8 Å². The number of amides is 1. The van der Waals surface area contributed by atoms with Crippen LogP contribution in [0, 0.1) is 6.92 Å². The van der Waals surface area contributed by atoms with E-state index in [2.05, 4.69) is 26.2 Å². The first-order valence-corrected chi connectivity index (χ1v) is 5.87. The topological polar surface area (TPSA) is 42.0 Å². The molecule has 1 heterocycles. The molecule has 0 saturated heterocycles. The number of hydrogen-bond acceptors (Lipinski definition) is 2. The molecule has 0 spiro atoms. The van der Waals surface area contributed by atoms with Crippen molar-refractivity contribution < 1.29 is 4.79 Å². The molecule has 0 aliphatic carbocycles. The molecular weight excluding hydrogens is 256 g/mol. The van der Waals surface area contributed by atoms with Gasteiger partial charge in [0.25, 0.3) is 5.91 Å². The van der Waals surface area contributed by atoms with Crippen molar-refractivity contribution in [2.24, 2.45) is 0 Å². The Kier molecular flexibility index (Phi) is 3.85. The van der Waals surface area contributed by atoms with Crippen molar-refractivity contribution in [2.75, 3.05) is 5.33 Å². The van der Waals surface area contributed by atoms with Gasteiger partial charge in [0.2, 0.25) is 0 Å². The second-order valence-corrected chi connectivity index (χ2v) is 4.72. The Bertz CT molecular complexity index is 363. The number of nitrogens with one attached hydrogen (secondary N) is 1. The second-order valence-electron chi connectivity index (χ2n) is 4.16. The lowest BCUT2D eigenvalue weighted by molar-refractivity contribution is 0.0920. The van der Waals surface area contributed by atoms with E-state index in [0.717, 1.165) is 5.56 Å². The molecule has 0 bridgehead atoms. The SMILES string of the molecule is Cc1ccncc1C(=O)NC(C)(C)CBr. The van der Waals surface area contributed by atoms with E-state index in [1.54, 1.807) is 12.4 Å². The summed E-state index contributed by atoms with van der Waals surface area (Å²) in [5.41, 5.74) is 1.32. The first kappa shape index (κ1) is 12.2. The van der Waals surface area contributed by atoms with Gasteiger partial charge >= 0.3 is 0 Å². The van der Waals surface area contributed by atoms with Crippen molar-refractivity contribution in [1.29, 1.82) is 0 Å². The van der Waals surface area contributed by atoms with Crippen LogP contribution in [0.15, 0.2) is 18.5 Å². The van der Waals surface area contributed by atoms with Crippen molar-refractivity contribution in [3.8, 4) is 0 Å². The predicted octanol–water partition coefficient (Wildman–Crippen LogP) is 2.29.